The van der Waals surface area contributed by atoms with Gasteiger partial charge in [0.05, 0.1) is 0 Å². The van der Waals surface area contributed by atoms with Crippen molar-refractivity contribution in [2.24, 2.45) is 35.5 Å². The Hall–Kier alpha value is -5.49. The molecule has 6 nitrogen and oxygen atoms in total. The van der Waals surface area contributed by atoms with Crippen LogP contribution in [0.25, 0.3) is 67.7 Å². The molecule has 3 atom stereocenters. The van der Waals surface area contributed by atoms with Crippen LogP contribution in [0, 0.1) is 35.5 Å². The zero-order valence-electron chi connectivity index (χ0n) is 41.4. The molecule has 0 amide bonds. The van der Waals surface area contributed by atoms with Crippen LogP contribution >= 0.6 is 0 Å². The van der Waals surface area contributed by atoms with Gasteiger partial charge in [-0.25, -0.2) is 0 Å². The molecule has 0 saturated heterocycles. The molecule has 3 aromatic heterocycles. The molecule has 0 aliphatic carbocycles. The lowest BCUT2D eigenvalue weighted by Crippen LogP contribution is -2.01. The predicted octanol–water partition coefficient (Wildman–Crippen LogP) is 17.7. The fraction of sp³-hybridized carbons (Fsp3) is 0.450. The Labute approximate surface area is 396 Å². The molecule has 0 fully saturated rings. The van der Waals surface area contributed by atoms with Crippen LogP contribution in [-0.2, 0) is 19.3 Å². The van der Waals surface area contributed by atoms with E-state index >= 15 is 0 Å². The first-order chi connectivity index (χ1) is 31.8. The first-order valence-corrected chi connectivity index (χ1v) is 25.2. The monoisotopic (exact) mass is 886 g/mol. The number of nitrogens with zero attached hydrogens (tertiary/aromatic N) is 3. The number of hydrogen-bond acceptors (Lipinski definition) is 6. The van der Waals surface area contributed by atoms with Gasteiger partial charge in [0, 0.05) is 51.6 Å². The van der Waals surface area contributed by atoms with Crippen LogP contribution in [0.1, 0.15) is 137 Å². The van der Waals surface area contributed by atoms with E-state index < -0.39 is 0 Å². The molecule has 0 aliphatic rings. The molecule has 66 heavy (non-hydrogen) atoms. The number of hydrogen-bond donors (Lipinski definition) is 0. The molecule has 0 saturated carbocycles. The molecule has 3 heterocycles. The van der Waals surface area contributed by atoms with E-state index in [1.54, 1.807) is 0 Å². The Balaban J connectivity index is 1.12. The summed E-state index contributed by atoms with van der Waals surface area (Å²) in [6.45, 7) is 20.9. The Morgan fingerprint density at radius 3 is 0.818 bits per heavy atom. The maximum Gasteiger partial charge on any atom is 0.167 e. The summed E-state index contributed by atoms with van der Waals surface area (Å²) in [6, 6.07) is 38.6. The molecular formula is C60H75N3O3. The summed E-state index contributed by atoms with van der Waals surface area (Å²) in [4.78, 5) is 0. The van der Waals surface area contributed by atoms with Crippen LogP contribution in [0.5, 0.6) is 0 Å². The van der Waals surface area contributed by atoms with Crippen LogP contribution in [-0.4, -0.2) is 15.5 Å². The van der Waals surface area contributed by atoms with Crippen molar-refractivity contribution in [3.8, 4) is 67.7 Å². The van der Waals surface area contributed by atoms with E-state index in [-0.39, 0.29) is 0 Å². The van der Waals surface area contributed by atoms with E-state index in [1.807, 2.05) is 18.2 Å². The summed E-state index contributed by atoms with van der Waals surface area (Å²) < 4.78 is 18.3. The lowest BCUT2D eigenvalue weighted by atomic mass is 9.93. The summed E-state index contributed by atoms with van der Waals surface area (Å²) in [5.74, 6) is 6.20. The van der Waals surface area contributed by atoms with Crippen LogP contribution in [0.2, 0.25) is 0 Å². The van der Waals surface area contributed by atoms with Gasteiger partial charge >= 0.3 is 0 Å². The third kappa shape index (κ3) is 14.0. The highest BCUT2D eigenvalue weighted by Crippen LogP contribution is 2.37. The molecule has 348 valence electrons. The maximum absolute atomic E-state index is 6.09. The second-order valence-electron chi connectivity index (χ2n) is 21.0. The van der Waals surface area contributed by atoms with Gasteiger partial charge in [-0.15, -0.1) is 0 Å². The largest absolute Gasteiger partial charge is 0.356 e. The smallest absolute Gasteiger partial charge is 0.167 e. The van der Waals surface area contributed by atoms with Crippen molar-refractivity contribution in [2.45, 2.75) is 139 Å². The lowest BCUT2D eigenvalue weighted by Gasteiger charge is -2.12. The first kappa shape index (κ1) is 48.4. The SMILES string of the molecule is CC(C)CCC[C@H](C)Cc1ccc(-c2cc(-c3cc(-c4cc(-c5ccc(C[C@@H](C)CCCC(C)C)cc5)no4)cc(-c4cc(-c5ccc(C[C@@H](C)CCCC(C)C)cc5)no4)c3)on2)cc1. The van der Waals surface area contributed by atoms with Crippen LogP contribution in [0.3, 0.4) is 0 Å². The van der Waals surface area contributed by atoms with Crippen molar-refractivity contribution in [3.63, 3.8) is 0 Å². The highest BCUT2D eigenvalue weighted by molar-refractivity contribution is 5.80. The molecule has 7 aromatic rings. The van der Waals surface area contributed by atoms with Gasteiger partial charge in [-0.1, -0.05) is 208 Å². The zero-order chi connectivity index (χ0) is 46.6. The second-order valence-corrected chi connectivity index (χ2v) is 21.0. The van der Waals surface area contributed by atoms with Gasteiger partial charge in [0.1, 0.15) is 17.1 Å². The van der Waals surface area contributed by atoms with Crippen molar-refractivity contribution in [2.75, 3.05) is 0 Å². The minimum atomic E-state index is 0.651. The van der Waals surface area contributed by atoms with E-state index in [4.69, 9.17) is 13.6 Å². The van der Waals surface area contributed by atoms with Crippen LogP contribution in [0.15, 0.2) is 123 Å². The summed E-state index contributed by atoms with van der Waals surface area (Å²) in [5.41, 5.74) is 12.1. The van der Waals surface area contributed by atoms with Crippen LogP contribution < -0.4 is 0 Å². The molecule has 4 aromatic carbocycles. The van der Waals surface area contributed by atoms with E-state index in [2.05, 4.69) is 169 Å². The molecule has 0 aliphatic heterocycles. The third-order valence-corrected chi connectivity index (χ3v) is 13.3. The topological polar surface area (TPSA) is 78.1 Å². The minimum Gasteiger partial charge on any atom is -0.356 e. The van der Waals surface area contributed by atoms with E-state index in [9.17, 15) is 0 Å². The molecule has 7 rings (SSSR count). The quantitative estimate of drug-likeness (QED) is 0.0601. The van der Waals surface area contributed by atoms with Gasteiger partial charge in [0.2, 0.25) is 0 Å². The highest BCUT2D eigenvalue weighted by atomic mass is 16.5. The Kier molecular flexibility index (Phi) is 17.1. The average Bonchev–Trinajstić information content (AvgIpc) is 4.10. The molecule has 0 spiro atoms. The van der Waals surface area contributed by atoms with Gasteiger partial charge in [-0.2, -0.15) is 0 Å². The molecule has 6 heteroatoms. The fourth-order valence-electron chi connectivity index (χ4n) is 9.27. The van der Waals surface area contributed by atoms with E-state index in [1.165, 1.54) is 74.5 Å². The Morgan fingerprint density at radius 1 is 0.318 bits per heavy atom. The third-order valence-electron chi connectivity index (χ3n) is 13.3. The van der Waals surface area contributed by atoms with Crippen molar-refractivity contribution >= 4 is 0 Å². The van der Waals surface area contributed by atoms with Gasteiger partial charge in [0.25, 0.3) is 0 Å². The average molecular weight is 886 g/mol. The zero-order valence-corrected chi connectivity index (χ0v) is 41.4. The Morgan fingerprint density at radius 2 is 0.576 bits per heavy atom. The van der Waals surface area contributed by atoms with Crippen LogP contribution in [0.4, 0.5) is 0 Å². The summed E-state index contributed by atoms with van der Waals surface area (Å²) in [7, 11) is 0. The van der Waals surface area contributed by atoms with Gasteiger partial charge in [-0.3, -0.25) is 0 Å². The normalized spacial score (nSPS) is 13.3. The molecule has 0 radical (unpaired) electrons. The number of benzene rings is 4. The molecule has 0 unspecified atom stereocenters. The maximum atomic E-state index is 6.09. The van der Waals surface area contributed by atoms with Crippen molar-refractivity contribution < 1.29 is 13.6 Å². The fourth-order valence-corrected chi connectivity index (χ4v) is 9.27. The molecular weight excluding hydrogens is 811 g/mol. The first-order valence-electron chi connectivity index (χ1n) is 25.2. The van der Waals surface area contributed by atoms with E-state index in [0.717, 1.165) is 87.5 Å². The summed E-state index contributed by atoms with van der Waals surface area (Å²) in [5, 5.41) is 13.6. The number of aromatic nitrogens is 3. The predicted molar refractivity (Wildman–Crippen MR) is 274 cm³/mol. The standard InChI is InChI=1S/C60H75N3O3/c1-40(2)13-10-16-43(7)31-46-19-25-49(26-20-46)55-37-58(64-61-55)52-34-53(59-38-56(62-65-59)50-27-21-47(22-28-50)32-44(8)17-11-14-41(3)4)36-54(35-52)60-39-57(63-66-60)51-29-23-48(24-30-51)33-45(9)18-12-15-42(5)6/h19-30,34-45H,10-18,31-33H2,1-9H3/t43-,44-,45-/m0/s1. The van der Waals surface area contributed by atoms with E-state index in [0.29, 0.717) is 35.0 Å². The Bertz CT molecular complexity index is 2230. The van der Waals surface area contributed by atoms with Crippen molar-refractivity contribution in [3.05, 3.63) is 126 Å². The van der Waals surface area contributed by atoms with Gasteiger partial charge in [0.15, 0.2) is 17.3 Å². The molecule has 0 bridgehead atoms. The minimum absolute atomic E-state index is 0.651. The van der Waals surface area contributed by atoms with Crippen molar-refractivity contribution in [1.29, 1.82) is 0 Å². The van der Waals surface area contributed by atoms with Crippen molar-refractivity contribution in [1.82, 2.24) is 15.5 Å². The molecule has 0 N–H and O–H groups in total. The van der Waals surface area contributed by atoms with Gasteiger partial charge < -0.3 is 13.6 Å². The van der Waals surface area contributed by atoms with Gasteiger partial charge in [-0.05, 0) is 89.7 Å². The summed E-state index contributed by atoms with van der Waals surface area (Å²) >= 11 is 0. The highest BCUT2D eigenvalue weighted by Gasteiger charge is 2.19. The second kappa shape index (κ2) is 23.3. The number of rotatable bonds is 24. The summed E-state index contributed by atoms with van der Waals surface area (Å²) in [6.07, 6.45) is 14.8. The lowest BCUT2D eigenvalue weighted by molar-refractivity contribution is 0.432.